The van der Waals surface area contributed by atoms with Gasteiger partial charge in [-0.25, -0.2) is 4.57 Å². The van der Waals surface area contributed by atoms with Crippen LogP contribution in [0.1, 0.15) is 226 Å². The Balaban J connectivity index is 4.20. The Morgan fingerprint density at radius 1 is 0.576 bits per heavy atom. The molecule has 0 aliphatic rings. The van der Waals surface area contributed by atoms with Gasteiger partial charge in [-0.05, 0) is 51.4 Å². The number of unbranched alkanes of at least 4 members (excludes halogenated alkanes) is 26. The lowest BCUT2D eigenvalue weighted by atomic mass is 10.0. The minimum absolute atomic E-state index is 0.0735. The van der Waals surface area contributed by atoms with E-state index in [0.717, 1.165) is 51.4 Å². The number of aliphatic hydroxyl groups excluding tert-OH is 1. The van der Waals surface area contributed by atoms with Crippen molar-refractivity contribution in [2.75, 3.05) is 40.9 Å². The molecular formula is C50H98N2O6P+. The lowest BCUT2D eigenvalue weighted by molar-refractivity contribution is -0.870. The summed E-state index contributed by atoms with van der Waals surface area (Å²) in [7, 11) is 1.61. The summed E-state index contributed by atoms with van der Waals surface area (Å²) in [5.74, 6) is -0.149. The molecule has 348 valence electrons. The van der Waals surface area contributed by atoms with Crippen molar-refractivity contribution in [1.29, 1.82) is 0 Å². The first-order valence-electron chi connectivity index (χ1n) is 24.9. The molecule has 8 nitrogen and oxygen atoms in total. The molecule has 0 bridgehead atoms. The van der Waals surface area contributed by atoms with Crippen molar-refractivity contribution in [2.24, 2.45) is 0 Å². The lowest BCUT2D eigenvalue weighted by Gasteiger charge is -2.26. The highest BCUT2D eigenvalue weighted by atomic mass is 31.2. The summed E-state index contributed by atoms with van der Waals surface area (Å²) >= 11 is 0. The van der Waals surface area contributed by atoms with Gasteiger partial charge in [0.15, 0.2) is 0 Å². The van der Waals surface area contributed by atoms with Crippen molar-refractivity contribution in [3.63, 3.8) is 0 Å². The number of rotatable bonds is 45. The number of carbonyl (C=O) groups excluding carboxylic acids is 1. The number of quaternary nitrogens is 1. The van der Waals surface area contributed by atoms with E-state index < -0.39 is 20.0 Å². The molecule has 3 N–H and O–H groups in total. The summed E-state index contributed by atoms with van der Waals surface area (Å²) in [4.78, 5) is 23.2. The number of allylic oxidation sites excluding steroid dienone is 6. The molecule has 0 heterocycles. The van der Waals surface area contributed by atoms with Crippen molar-refractivity contribution >= 4 is 13.7 Å². The van der Waals surface area contributed by atoms with Crippen LogP contribution in [0.15, 0.2) is 36.5 Å². The monoisotopic (exact) mass is 854 g/mol. The number of hydrogen-bond acceptors (Lipinski definition) is 5. The van der Waals surface area contributed by atoms with E-state index in [2.05, 4.69) is 55.6 Å². The predicted molar refractivity (Wildman–Crippen MR) is 254 cm³/mol. The number of phosphoric ester groups is 1. The maximum atomic E-state index is 12.9. The molecule has 0 aromatic heterocycles. The molecule has 3 atom stereocenters. The lowest BCUT2D eigenvalue weighted by Crippen LogP contribution is -2.46. The third kappa shape index (κ3) is 44.6. The SMILES string of the molecule is CCCCCCC/C=C\C/C=C\C/C=C\CCCCCCCCCCCCC(=O)NC(COP(=O)(O)OCC[N+](C)(C)C)C(O)CCCCCCCCCCCCCC. The van der Waals surface area contributed by atoms with E-state index >= 15 is 0 Å². The molecule has 0 saturated heterocycles. The third-order valence-electron chi connectivity index (χ3n) is 11.1. The van der Waals surface area contributed by atoms with Gasteiger partial charge in [0.05, 0.1) is 39.9 Å². The van der Waals surface area contributed by atoms with E-state index in [1.165, 1.54) is 148 Å². The molecule has 0 fully saturated rings. The van der Waals surface area contributed by atoms with Crippen LogP contribution in [0.25, 0.3) is 0 Å². The van der Waals surface area contributed by atoms with Crippen LogP contribution in [0.5, 0.6) is 0 Å². The van der Waals surface area contributed by atoms with E-state index in [9.17, 15) is 19.4 Å². The van der Waals surface area contributed by atoms with Crippen LogP contribution in [0, 0.1) is 0 Å². The zero-order chi connectivity index (χ0) is 43.6. The molecule has 9 heteroatoms. The van der Waals surface area contributed by atoms with Gasteiger partial charge in [-0.3, -0.25) is 13.8 Å². The molecule has 0 aromatic rings. The smallest absolute Gasteiger partial charge is 0.391 e. The highest BCUT2D eigenvalue weighted by Crippen LogP contribution is 2.43. The Morgan fingerprint density at radius 3 is 1.41 bits per heavy atom. The van der Waals surface area contributed by atoms with Crippen molar-refractivity contribution in [2.45, 2.75) is 238 Å². The Morgan fingerprint density at radius 2 is 0.966 bits per heavy atom. The van der Waals surface area contributed by atoms with Gasteiger partial charge in [0.1, 0.15) is 13.2 Å². The van der Waals surface area contributed by atoms with Gasteiger partial charge in [-0.2, -0.15) is 0 Å². The maximum absolute atomic E-state index is 12.9. The van der Waals surface area contributed by atoms with E-state index in [1.807, 2.05) is 21.1 Å². The van der Waals surface area contributed by atoms with Crippen LogP contribution >= 0.6 is 7.82 Å². The van der Waals surface area contributed by atoms with Crippen LogP contribution in [-0.2, 0) is 18.4 Å². The first-order chi connectivity index (χ1) is 28.5. The fourth-order valence-corrected chi connectivity index (χ4v) is 7.91. The third-order valence-corrected chi connectivity index (χ3v) is 12.1. The van der Waals surface area contributed by atoms with E-state index in [4.69, 9.17) is 9.05 Å². The van der Waals surface area contributed by atoms with Crippen LogP contribution in [0.2, 0.25) is 0 Å². The van der Waals surface area contributed by atoms with E-state index in [-0.39, 0.29) is 19.1 Å². The second kappa shape index (κ2) is 42.0. The summed E-state index contributed by atoms with van der Waals surface area (Å²) in [6.45, 7) is 4.87. The first kappa shape index (κ1) is 57.7. The molecular weight excluding hydrogens is 756 g/mol. The Bertz CT molecular complexity index is 1060. The summed E-state index contributed by atoms with van der Waals surface area (Å²) in [5.41, 5.74) is 0. The normalized spacial score (nSPS) is 14.5. The minimum atomic E-state index is -4.31. The van der Waals surface area contributed by atoms with Gasteiger partial charge < -0.3 is 19.8 Å². The molecule has 1 amide bonds. The fourth-order valence-electron chi connectivity index (χ4n) is 7.17. The van der Waals surface area contributed by atoms with Gasteiger partial charge in [0.25, 0.3) is 0 Å². The summed E-state index contributed by atoms with van der Waals surface area (Å²) in [5, 5.41) is 14.0. The highest BCUT2D eigenvalue weighted by molar-refractivity contribution is 7.47. The standard InChI is InChI=1S/C50H97N2O6P/c1-6-8-10-12-14-16-18-20-21-22-23-24-25-26-27-28-29-30-31-32-34-36-38-40-42-44-50(54)51-48(47-58-59(55,56)57-46-45-52(3,4)5)49(53)43-41-39-37-35-33-19-17-15-13-11-9-7-2/h18,20,22-23,25-26,48-49,53H,6-17,19,21,24,27-47H2,1-5H3,(H-,51,54,55,56)/p+1/b20-18-,23-22-,26-25-. The Kier molecular flexibility index (Phi) is 41.1. The molecule has 0 radical (unpaired) electrons. The number of phosphoric acid groups is 1. The Labute approximate surface area is 366 Å². The molecule has 0 aromatic carbocycles. The molecule has 0 spiro atoms. The van der Waals surface area contributed by atoms with Crippen LogP contribution in [0.3, 0.4) is 0 Å². The average molecular weight is 854 g/mol. The number of hydrogen-bond donors (Lipinski definition) is 3. The van der Waals surface area contributed by atoms with Gasteiger partial charge >= 0.3 is 7.82 Å². The number of amides is 1. The van der Waals surface area contributed by atoms with Crippen molar-refractivity contribution in [3.8, 4) is 0 Å². The van der Waals surface area contributed by atoms with Crippen LogP contribution in [0.4, 0.5) is 0 Å². The van der Waals surface area contributed by atoms with Crippen molar-refractivity contribution in [3.05, 3.63) is 36.5 Å². The number of nitrogens with one attached hydrogen (secondary N) is 1. The zero-order valence-electron chi connectivity index (χ0n) is 39.5. The van der Waals surface area contributed by atoms with Crippen molar-refractivity contribution < 1.29 is 32.9 Å². The topological polar surface area (TPSA) is 105 Å². The number of nitrogens with zero attached hydrogens (tertiary/aromatic N) is 1. The molecule has 0 rings (SSSR count). The summed E-state index contributed by atoms with van der Waals surface area (Å²) in [6, 6.07) is -0.761. The molecule has 3 unspecified atom stereocenters. The minimum Gasteiger partial charge on any atom is -0.391 e. The fraction of sp³-hybridized carbons (Fsp3) is 0.860. The van der Waals surface area contributed by atoms with Gasteiger partial charge in [-0.1, -0.05) is 204 Å². The quantitative estimate of drug-likeness (QED) is 0.0244. The molecule has 0 aliphatic carbocycles. The zero-order valence-corrected chi connectivity index (χ0v) is 40.4. The van der Waals surface area contributed by atoms with Gasteiger partial charge in [-0.15, -0.1) is 0 Å². The summed E-state index contributed by atoms with van der Waals surface area (Å²) in [6.07, 6.45) is 51.8. The van der Waals surface area contributed by atoms with Crippen LogP contribution in [-0.4, -0.2) is 73.4 Å². The average Bonchev–Trinajstić information content (AvgIpc) is 3.19. The maximum Gasteiger partial charge on any atom is 0.472 e. The van der Waals surface area contributed by atoms with Crippen molar-refractivity contribution in [1.82, 2.24) is 5.32 Å². The Hall–Kier alpha value is -1.28. The van der Waals surface area contributed by atoms with Gasteiger partial charge in [0.2, 0.25) is 5.91 Å². The van der Waals surface area contributed by atoms with E-state index in [1.54, 1.807) is 0 Å². The van der Waals surface area contributed by atoms with Crippen LogP contribution < -0.4 is 5.32 Å². The molecule has 59 heavy (non-hydrogen) atoms. The first-order valence-corrected chi connectivity index (χ1v) is 26.3. The molecule has 0 saturated carbocycles. The van der Waals surface area contributed by atoms with Gasteiger partial charge in [0, 0.05) is 6.42 Å². The molecule has 0 aliphatic heterocycles. The predicted octanol–water partition coefficient (Wildman–Crippen LogP) is 14.3. The summed E-state index contributed by atoms with van der Waals surface area (Å²) < 4.78 is 23.7. The number of likely N-dealkylation sites (N-methyl/N-ethyl adjacent to an activating group) is 1. The van der Waals surface area contributed by atoms with E-state index in [0.29, 0.717) is 23.9 Å². The second-order valence-corrected chi connectivity index (χ2v) is 19.6. The number of carbonyl (C=O) groups is 1. The largest absolute Gasteiger partial charge is 0.472 e. The number of aliphatic hydroxyl groups is 1. The highest BCUT2D eigenvalue weighted by Gasteiger charge is 2.28. The second-order valence-electron chi connectivity index (χ2n) is 18.2.